The fraction of sp³-hybridized carbons (Fsp3) is 0.500. The van der Waals surface area contributed by atoms with Gasteiger partial charge in [-0.2, -0.15) is 0 Å². The van der Waals surface area contributed by atoms with Crippen molar-refractivity contribution in [3.05, 3.63) is 35.6 Å². The van der Waals surface area contributed by atoms with Crippen LogP contribution in [0, 0.1) is 11.7 Å². The molecule has 0 radical (unpaired) electrons. The van der Waals surface area contributed by atoms with Crippen LogP contribution in [0.15, 0.2) is 24.3 Å². The summed E-state index contributed by atoms with van der Waals surface area (Å²) in [7, 11) is 0. The van der Waals surface area contributed by atoms with Gasteiger partial charge < -0.3 is 10.6 Å². The van der Waals surface area contributed by atoms with Gasteiger partial charge in [0.1, 0.15) is 5.82 Å². The summed E-state index contributed by atoms with van der Waals surface area (Å²) in [5.41, 5.74) is 6.63. The molecule has 0 heterocycles. The Labute approximate surface area is 120 Å². The van der Waals surface area contributed by atoms with E-state index in [1.165, 1.54) is 12.1 Å². The van der Waals surface area contributed by atoms with E-state index in [9.17, 15) is 9.18 Å². The van der Waals surface area contributed by atoms with Crippen LogP contribution in [-0.2, 0) is 11.3 Å². The van der Waals surface area contributed by atoms with Crippen LogP contribution in [0.4, 0.5) is 4.39 Å². The topological polar surface area (TPSA) is 46.3 Å². The van der Waals surface area contributed by atoms with Gasteiger partial charge in [-0.15, -0.1) is 12.4 Å². The highest BCUT2D eigenvalue weighted by atomic mass is 35.5. The van der Waals surface area contributed by atoms with Crippen molar-refractivity contribution in [3.63, 3.8) is 0 Å². The molecule has 0 bridgehead atoms. The largest absolute Gasteiger partial charge is 0.337 e. The molecule has 1 aromatic rings. The SMILES string of the molecule is CCN(Cc1cccc(F)c1)C(=O)[C@@H](N)C(C)C.Cl. The van der Waals surface area contributed by atoms with Crippen molar-refractivity contribution in [3.8, 4) is 0 Å². The summed E-state index contributed by atoms with van der Waals surface area (Å²) in [4.78, 5) is 13.8. The normalized spacial score (nSPS) is 11.9. The predicted octanol–water partition coefficient (Wildman–Crippen LogP) is 2.58. The number of carbonyl (C=O) groups is 1. The van der Waals surface area contributed by atoms with E-state index in [1.54, 1.807) is 17.0 Å². The maximum atomic E-state index is 13.1. The molecule has 108 valence electrons. The van der Waals surface area contributed by atoms with Crippen molar-refractivity contribution in [2.45, 2.75) is 33.4 Å². The van der Waals surface area contributed by atoms with Gasteiger partial charge in [-0.1, -0.05) is 26.0 Å². The average molecular weight is 289 g/mol. The Balaban J connectivity index is 0.00000324. The first-order valence-corrected chi connectivity index (χ1v) is 6.24. The van der Waals surface area contributed by atoms with Gasteiger partial charge in [-0.3, -0.25) is 4.79 Å². The second-order valence-electron chi connectivity index (χ2n) is 4.75. The summed E-state index contributed by atoms with van der Waals surface area (Å²) in [6.07, 6.45) is 0. The van der Waals surface area contributed by atoms with Crippen molar-refractivity contribution in [2.75, 3.05) is 6.54 Å². The summed E-state index contributed by atoms with van der Waals surface area (Å²) in [5.74, 6) is -0.278. The van der Waals surface area contributed by atoms with Crippen LogP contribution in [0.2, 0.25) is 0 Å². The second-order valence-corrected chi connectivity index (χ2v) is 4.75. The standard InChI is InChI=1S/C14H21FN2O.ClH/c1-4-17(14(18)13(16)10(2)3)9-11-6-5-7-12(15)8-11;/h5-8,10,13H,4,9,16H2,1-3H3;1H/t13-;/m0./s1. The fourth-order valence-corrected chi connectivity index (χ4v) is 1.70. The van der Waals surface area contributed by atoms with Crippen LogP contribution in [-0.4, -0.2) is 23.4 Å². The molecule has 0 aliphatic heterocycles. The lowest BCUT2D eigenvalue weighted by Crippen LogP contribution is -2.46. The molecule has 0 unspecified atom stereocenters. The highest BCUT2D eigenvalue weighted by Gasteiger charge is 2.22. The molecule has 0 saturated heterocycles. The zero-order chi connectivity index (χ0) is 13.7. The molecular weight excluding hydrogens is 267 g/mol. The van der Waals surface area contributed by atoms with Crippen molar-refractivity contribution >= 4 is 18.3 Å². The van der Waals surface area contributed by atoms with E-state index in [2.05, 4.69) is 0 Å². The minimum absolute atomic E-state index is 0. The quantitative estimate of drug-likeness (QED) is 0.905. The zero-order valence-corrected chi connectivity index (χ0v) is 12.4. The number of benzene rings is 1. The monoisotopic (exact) mass is 288 g/mol. The van der Waals surface area contributed by atoms with Crippen molar-refractivity contribution in [2.24, 2.45) is 11.7 Å². The first-order valence-electron chi connectivity index (χ1n) is 6.24. The third-order valence-corrected chi connectivity index (χ3v) is 2.96. The summed E-state index contributed by atoms with van der Waals surface area (Å²) in [5, 5.41) is 0. The van der Waals surface area contributed by atoms with E-state index >= 15 is 0 Å². The number of nitrogens with zero attached hydrogens (tertiary/aromatic N) is 1. The number of likely N-dealkylation sites (N-methyl/N-ethyl adjacent to an activating group) is 1. The van der Waals surface area contributed by atoms with Gasteiger partial charge in [0.05, 0.1) is 6.04 Å². The van der Waals surface area contributed by atoms with Gasteiger partial charge in [-0.05, 0) is 30.5 Å². The van der Waals surface area contributed by atoms with Crippen molar-refractivity contribution < 1.29 is 9.18 Å². The van der Waals surface area contributed by atoms with Crippen LogP contribution in [0.5, 0.6) is 0 Å². The molecule has 1 amide bonds. The molecule has 0 aliphatic rings. The number of halogens is 2. The summed E-state index contributed by atoms with van der Waals surface area (Å²) in [6.45, 7) is 6.69. The van der Waals surface area contributed by atoms with Gasteiger partial charge in [0.2, 0.25) is 5.91 Å². The summed E-state index contributed by atoms with van der Waals surface area (Å²) in [6, 6.07) is 5.78. The molecule has 3 nitrogen and oxygen atoms in total. The Morgan fingerprint density at radius 3 is 2.53 bits per heavy atom. The third kappa shape index (κ3) is 5.17. The molecule has 1 atom stereocenters. The molecular formula is C14H22ClFN2O. The highest BCUT2D eigenvalue weighted by Crippen LogP contribution is 2.10. The first-order chi connectivity index (χ1) is 8.45. The molecule has 1 rings (SSSR count). The number of carbonyl (C=O) groups excluding carboxylic acids is 1. The molecule has 0 spiro atoms. The molecule has 2 N–H and O–H groups in total. The Morgan fingerprint density at radius 1 is 1.42 bits per heavy atom. The molecule has 0 fully saturated rings. The van der Waals surface area contributed by atoms with Crippen molar-refractivity contribution in [1.29, 1.82) is 0 Å². The van der Waals surface area contributed by atoms with Crippen LogP contribution < -0.4 is 5.73 Å². The molecule has 0 aromatic heterocycles. The molecule has 5 heteroatoms. The number of nitrogens with two attached hydrogens (primary N) is 1. The Morgan fingerprint density at radius 2 is 2.05 bits per heavy atom. The van der Waals surface area contributed by atoms with Crippen LogP contribution >= 0.6 is 12.4 Å². The molecule has 1 aromatic carbocycles. The second kappa shape index (κ2) is 8.12. The Bertz CT molecular complexity index is 412. The zero-order valence-electron chi connectivity index (χ0n) is 11.6. The summed E-state index contributed by atoms with van der Waals surface area (Å²) < 4.78 is 13.1. The summed E-state index contributed by atoms with van der Waals surface area (Å²) >= 11 is 0. The Hall–Kier alpha value is -1.13. The van der Waals surface area contributed by atoms with Crippen LogP contribution in [0.3, 0.4) is 0 Å². The van der Waals surface area contributed by atoms with E-state index < -0.39 is 6.04 Å². The lowest BCUT2D eigenvalue weighted by Gasteiger charge is -2.26. The van der Waals surface area contributed by atoms with E-state index in [1.807, 2.05) is 20.8 Å². The molecule has 0 aliphatic carbocycles. The maximum Gasteiger partial charge on any atom is 0.240 e. The number of hydrogen-bond acceptors (Lipinski definition) is 2. The van der Waals surface area contributed by atoms with Gasteiger partial charge >= 0.3 is 0 Å². The fourth-order valence-electron chi connectivity index (χ4n) is 1.70. The van der Waals surface area contributed by atoms with Gasteiger partial charge in [0.15, 0.2) is 0 Å². The molecule has 0 saturated carbocycles. The smallest absolute Gasteiger partial charge is 0.240 e. The van der Waals surface area contributed by atoms with E-state index in [0.717, 1.165) is 5.56 Å². The van der Waals surface area contributed by atoms with Crippen LogP contribution in [0.1, 0.15) is 26.3 Å². The number of amides is 1. The predicted molar refractivity (Wildman–Crippen MR) is 77.6 cm³/mol. The minimum Gasteiger partial charge on any atom is -0.337 e. The lowest BCUT2D eigenvalue weighted by atomic mass is 10.0. The van der Waals surface area contributed by atoms with E-state index in [4.69, 9.17) is 5.73 Å². The number of hydrogen-bond donors (Lipinski definition) is 1. The third-order valence-electron chi connectivity index (χ3n) is 2.96. The van der Waals surface area contributed by atoms with Gasteiger partial charge in [-0.25, -0.2) is 4.39 Å². The van der Waals surface area contributed by atoms with E-state index in [0.29, 0.717) is 13.1 Å². The number of rotatable bonds is 5. The highest BCUT2D eigenvalue weighted by molar-refractivity contribution is 5.85. The first kappa shape index (κ1) is 17.9. The maximum absolute atomic E-state index is 13.1. The van der Waals surface area contributed by atoms with Gasteiger partial charge in [0.25, 0.3) is 0 Å². The van der Waals surface area contributed by atoms with Gasteiger partial charge in [0, 0.05) is 13.1 Å². The van der Waals surface area contributed by atoms with Crippen LogP contribution in [0.25, 0.3) is 0 Å². The minimum atomic E-state index is -0.501. The molecule has 19 heavy (non-hydrogen) atoms. The Kier molecular flexibility index (Phi) is 7.64. The van der Waals surface area contributed by atoms with E-state index in [-0.39, 0.29) is 30.0 Å². The lowest BCUT2D eigenvalue weighted by molar-refractivity contribution is -0.134. The average Bonchev–Trinajstić information content (AvgIpc) is 2.34. The van der Waals surface area contributed by atoms with Crippen molar-refractivity contribution in [1.82, 2.24) is 4.90 Å².